The van der Waals surface area contributed by atoms with Crippen molar-refractivity contribution in [3.8, 4) is 0 Å². The molecule has 0 aliphatic rings. The van der Waals surface area contributed by atoms with E-state index in [0.29, 0.717) is 0 Å². The van der Waals surface area contributed by atoms with Gasteiger partial charge in [-0.2, -0.15) is 0 Å². The Morgan fingerprint density at radius 3 is 1.20 bits per heavy atom. The van der Waals surface area contributed by atoms with Crippen LogP contribution in [0.15, 0.2) is 0 Å². The molecule has 0 saturated carbocycles. The van der Waals surface area contributed by atoms with Crippen molar-refractivity contribution in [2.45, 2.75) is 0 Å². The summed E-state index contributed by atoms with van der Waals surface area (Å²) in [5.41, 5.74) is 0. The van der Waals surface area contributed by atoms with Gasteiger partial charge in [0.1, 0.15) is 0 Å². The molecule has 0 fully saturated rings. The first-order valence-corrected chi connectivity index (χ1v) is 1.22. The molecule has 2 radical (unpaired) electrons. The van der Waals surface area contributed by atoms with Crippen LogP contribution in [0.2, 0.25) is 0 Å². The maximum atomic E-state index is 8.40. The maximum Gasteiger partial charge on any atom is 0.549 e. The van der Waals surface area contributed by atoms with Crippen LogP contribution < -0.4 is 0 Å². The Labute approximate surface area is 87.0 Å². The third-order valence-electron chi connectivity index (χ3n) is 0. The Morgan fingerprint density at radius 1 is 1.20 bits per heavy atom. The van der Waals surface area contributed by atoms with E-state index < -0.39 is 9.29 Å². The molecule has 0 aromatic carbocycles. The summed E-state index contributed by atoms with van der Waals surface area (Å²) in [6, 6.07) is 0. The van der Waals surface area contributed by atoms with Gasteiger partial charge in [0.15, 0.2) is 0 Å². The fourth-order valence-electron chi connectivity index (χ4n) is 0. The molecule has 0 N–H and O–H groups in total. The molecule has 0 saturated heterocycles. The molecule has 0 aliphatic heterocycles. The standard InChI is InChI=1S/Ba.O2Si.Ti/c;1-3-2;. The molecule has 0 aromatic rings. The van der Waals surface area contributed by atoms with E-state index in [0.717, 1.165) is 0 Å². The van der Waals surface area contributed by atoms with Crippen LogP contribution in [0.25, 0.3) is 0 Å². The first kappa shape index (κ1) is 15.7. The molecule has 0 heterocycles. The summed E-state index contributed by atoms with van der Waals surface area (Å²) in [5.74, 6) is 0. The minimum atomic E-state index is -1.42. The summed E-state index contributed by atoms with van der Waals surface area (Å²) >= 11 is 0. The van der Waals surface area contributed by atoms with E-state index in [2.05, 4.69) is 0 Å². The Morgan fingerprint density at radius 2 is 1.20 bits per heavy atom. The van der Waals surface area contributed by atoms with Crippen LogP contribution in [-0.2, 0) is 30.6 Å². The zero-order valence-electron chi connectivity index (χ0n) is 2.52. The molecule has 0 rings (SSSR count). The summed E-state index contributed by atoms with van der Waals surface area (Å²) in [6.45, 7) is 0. The quantitative estimate of drug-likeness (QED) is 0.513. The van der Waals surface area contributed by atoms with Crippen molar-refractivity contribution in [1.29, 1.82) is 0 Å². The second-order valence-electron chi connectivity index (χ2n) is 0.0833. The van der Waals surface area contributed by atoms with Gasteiger partial charge in [-0.1, -0.05) is 0 Å². The predicted molar refractivity (Wildman–Crippen MR) is 12.9 cm³/mol. The van der Waals surface area contributed by atoms with Crippen LogP contribution in [0, 0.1) is 0 Å². The molecule has 0 aliphatic carbocycles. The van der Waals surface area contributed by atoms with E-state index in [-0.39, 0.29) is 70.6 Å². The summed E-state index contributed by atoms with van der Waals surface area (Å²) in [5, 5.41) is 0. The van der Waals surface area contributed by atoms with Gasteiger partial charge < -0.3 is 0 Å². The van der Waals surface area contributed by atoms with Crippen LogP contribution in [-0.4, -0.2) is 58.2 Å². The van der Waals surface area contributed by atoms with Crippen LogP contribution in [0.5, 0.6) is 0 Å². The molecule has 0 bridgehead atoms. The van der Waals surface area contributed by atoms with Crippen molar-refractivity contribution in [2.75, 3.05) is 0 Å². The van der Waals surface area contributed by atoms with Gasteiger partial charge in [-0.15, -0.1) is 0 Å². The van der Waals surface area contributed by atoms with Gasteiger partial charge in [-0.3, -0.25) is 8.92 Å². The van der Waals surface area contributed by atoms with E-state index in [1.807, 2.05) is 0 Å². The monoisotopic (exact) mass is 246 g/mol. The molecule has 0 atom stereocenters. The molecule has 0 aromatic heterocycles. The Hall–Kier alpha value is 2.10. The van der Waals surface area contributed by atoms with Crippen LogP contribution in [0.3, 0.4) is 0 Å². The third kappa shape index (κ3) is 23.2. The molecule has 2 nitrogen and oxygen atoms in total. The smallest absolute Gasteiger partial charge is 0.274 e. The Balaban J connectivity index is -0.0000000200. The average Bonchev–Trinajstić information content (AvgIpc) is 0.918. The van der Waals surface area contributed by atoms with Gasteiger partial charge in [0.05, 0.1) is 0 Å². The molecule has 0 spiro atoms. The molecular weight excluding hydrogens is 245 g/mol. The van der Waals surface area contributed by atoms with Gasteiger partial charge in [0, 0.05) is 70.6 Å². The molecular formula is BaO2SiTi. The molecule has 0 amide bonds. The van der Waals surface area contributed by atoms with Crippen LogP contribution in [0.4, 0.5) is 0 Å². The molecule has 22 valence electrons. The maximum absolute atomic E-state index is 8.40. The topological polar surface area (TPSA) is 34.1 Å². The predicted octanol–water partition coefficient (Wildman–Crippen LogP) is -1.00. The second-order valence-corrected chi connectivity index (χ2v) is 0.250. The summed E-state index contributed by atoms with van der Waals surface area (Å²) in [7, 11) is -1.42. The summed E-state index contributed by atoms with van der Waals surface area (Å²) < 4.78 is 16.8. The SMILES string of the molecule is O=[Si]=O.[Ba].[Ti]. The first-order chi connectivity index (χ1) is 1.41. The first-order valence-electron chi connectivity index (χ1n) is 0.408. The largest absolute Gasteiger partial charge is 0.549 e. The minimum absolute atomic E-state index is 0. The number of hydrogen-bond donors (Lipinski definition) is 0. The zero-order chi connectivity index (χ0) is 2.71. The fourth-order valence-corrected chi connectivity index (χ4v) is 0. The van der Waals surface area contributed by atoms with Gasteiger partial charge in [-0.25, -0.2) is 0 Å². The summed E-state index contributed by atoms with van der Waals surface area (Å²) in [6.07, 6.45) is 0. The van der Waals surface area contributed by atoms with E-state index in [1.54, 1.807) is 0 Å². The number of rotatable bonds is 0. The van der Waals surface area contributed by atoms with Crippen molar-refractivity contribution in [3.63, 3.8) is 0 Å². The van der Waals surface area contributed by atoms with Gasteiger partial charge in [0.2, 0.25) is 0 Å². The van der Waals surface area contributed by atoms with Crippen molar-refractivity contribution in [1.82, 2.24) is 0 Å². The molecule has 5 heavy (non-hydrogen) atoms. The van der Waals surface area contributed by atoms with Crippen molar-refractivity contribution < 1.29 is 30.6 Å². The van der Waals surface area contributed by atoms with Gasteiger partial charge >= 0.3 is 9.29 Å². The molecule has 0 unspecified atom stereocenters. The third-order valence-corrected chi connectivity index (χ3v) is 0. The van der Waals surface area contributed by atoms with Gasteiger partial charge in [0.25, 0.3) is 0 Å². The van der Waals surface area contributed by atoms with Crippen LogP contribution in [0.1, 0.15) is 0 Å². The summed E-state index contributed by atoms with van der Waals surface area (Å²) in [4.78, 5) is 0. The van der Waals surface area contributed by atoms with E-state index >= 15 is 0 Å². The zero-order valence-corrected chi connectivity index (χ0v) is 9.53. The Bertz CT molecular complexity index is 30.6. The normalized spacial score (nSPS) is 1.60. The number of hydrogen-bond acceptors (Lipinski definition) is 2. The van der Waals surface area contributed by atoms with Crippen molar-refractivity contribution >= 4 is 58.2 Å². The second kappa shape index (κ2) is 16.5. The van der Waals surface area contributed by atoms with Crippen LogP contribution >= 0.6 is 0 Å². The van der Waals surface area contributed by atoms with E-state index in [9.17, 15) is 0 Å². The van der Waals surface area contributed by atoms with E-state index in [4.69, 9.17) is 8.92 Å². The Kier molecular flexibility index (Phi) is 51.9. The van der Waals surface area contributed by atoms with Crippen molar-refractivity contribution in [2.24, 2.45) is 0 Å². The fraction of sp³-hybridized carbons (Fsp3) is 0. The average molecular weight is 245 g/mol. The van der Waals surface area contributed by atoms with Crippen molar-refractivity contribution in [3.05, 3.63) is 0 Å². The minimum Gasteiger partial charge on any atom is -0.274 e. The molecule has 5 heteroatoms. The van der Waals surface area contributed by atoms with E-state index in [1.165, 1.54) is 0 Å². The van der Waals surface area contributed by atoms with Gasteiger partial charge in [-0.05, 0) is 0 Å².